The molecule has 0 fully saturated rings. The highest BCUT2D eigenvalue weighted by Gasteiger charge is 2.21. The van der Waals surface area contributed by atoms with Crippen molar-refractivity contribution < 1.29 is 19.4 Å². The molecule has 0 heterocycles. The Bertz CT molecular complexity index is 377. The molecule has 0 bridgehead atoms. The van der Waals surface area contributed by atoms with E-state index >= 15 is 0 Å². The molecule has 5 heteroatoms. The first-order valence-corrected chi connectivity index (χ1v) is 5.30. The predicted octanol–water partition coefficient (Wildman–Crippen LogP) is 0.965. The lowest BCUT2D eigenvalue weighted by molar-refractivity contribution is -0.142. The molecule has 0 saturated carbocycles. The summed E-state index contributed by atoms with van der Waals surface area (Å²) in [6.07, 6.45) is 0. The zero-order valence-electron chi connectivity index (χ0n) is 9.55. The van der Waals surface area contributed by atoms with Crippen molar-refractivity contribution in [3.05, 3.63) is 35.9 Å². The van der Waals surface area contributed by atoms with Crippen LogP contribution in [0, 0.1) is 0 Å². The van der Waals surface area contributed by atoms with Crippen LogP contribution in [0.5, 0.6) is 0 Å². The molecular weight excluding hydrogens is 222 g/mol. The number of carboxylic acid groups (broad SMARTS) is 1. The Balaban J connectivity index is 2.68. The van der Waals surface area contributed by atoms with Crippen LogP contribution in [-0.2, 0) is 14.3 Å². The van der Waals surface area contributed by atoms with Crippen molar-refractivity contribution in [3.63, 3.8) is 0 Å². The van der Waals surface area contributed by atoms with Gasteiger partial charge in [0.15, 0.2) is 6.04 Å². The van der Waals surface area contributed by atoms with Gasteiger partial charge in [0.2, 0.25) is 5.91 Å². The van der Waals surface area contributed by atoms with Gasteiger partial charge in [-0.2, -0.15) is 0 Å². The molecule has 1 aromatic rings. The second-order valence-corrected chi connectivity index (χ2v) is 3.39. The van der Waals surface area contributed by atoms with Gasteiger partial charge in [-0.1, -0.05) is 30.3 Å². The van der Waals surface area contributed by atoms with Gasteiger partial charge in [0, 0.05) is 6.61 Å². The van der Waals surface area contributed by atoms with Gasteiger partial charge in [0.05, 0.1) is 0 Å². The van der Waals surface area contributed by atoms with Crippen molar-refractivity contribution in [3.8, 4) is 0 Å². The van der Waals surface area contributed by atoms with Gasteiger partial charge in [-0.25, -0.2) is 4.79 Å². The standard InChI is InChI=1S/C12H15NO4/c1-2-17-8-10(14)13-11(12(15)16)9-6-4-3-5-7-9/h3-7,11H,2,8H2,1H3,(H,13,14)(H,15,16). The maximum Gasteiger partial charge on any atom is 0.330 e. The van der Waals surface area contributed by atoms with Gasteiger partial charge < -0.3 is 15.2 Å². The third-order valence-electron chi connectivity index (χ3n) is 2.12. The molecule has 17 heavy (non-hydrogen) atoms. The first-order chi connectivity index (χ1) is 8.15. The van der Waals surface area contributed by atoms with E-state index in [4.69, 9.17) is 9.84 Å². The smallest absolute Gasteiger partial charge is 0.330 e. The number of benzene rings is 1. The van der Waals surface area contributed by atoms with Gasteiger partial charge in [0.25, 0.3) is 0 Å². The number of carbonyl (C=O) groups excluding carboxylic acids is 1. The summed E-state index contributed by atoms with van der Waals surface area (Å²) in [7, 11) is 0. The molecule has 0 aliphatic rings. The molecule has 92 valence electrons. The lowest BCUT2D eigenvalue weighted by Crippen LogP contribution is -2.36. The highest BCUT2D eigenvalue weighted by Crippen LogP contribution is 2.12. The zero-order chi connectivity index (χ0) is 12.7. The van der Waals surface area contributed by atoms with Crippen LogP contribution in [0.2, 0.25) is 0 Å². The number of carboxylic acids is 1. The van der Waals surface area contributed by atoms with Crippen LogP contribution in [0.15, 0.2) is 30.3 Å². The first-order valence-electron chi connectivity index (χ1n) is 5.30. The molecular formula is C12H15NO4. The Morgan fingerprint density at radius 3 is 2.53 bits per heavy atom. The topological polar surface area (TPSA) is 75.6 Å². The summed E-state index contributed by atoms with van der Waals surface area (Å²) in [6.45, 7) is 2.04. The molecule has 1 rings (SSSR count). The highest BCUT2D eigenvalue weighted by molar-refractivity contribution is 5.85. The second-order valence-electron chi connectivity index (χ2n) is 3.39. The van der Waals surface area contributed by atoms with Crippen molar-refractivity contribution in [1.29, 1.82) is 0 Å². The summed E-state index contributed by atoms with van der Waals surface area (Å²) in [5, 5.41) is 11.4. The molecule has 0 radical (unpaired) electrons. The number of rotatable bonds is 6. The summed E-state index contributed by atoms with van der Waals surface area (Å²) in [4.78, 5) is 22.4. The minimum atomic E-state index is -1.10. The maximum absolute atomic E-state index is 11.4. The van der Waals surface area contributed by atoms with E-state index in [1.807, 2.05) is 0 Å². The van der Waals surface area contributed by atoms with Crippen LogP contribution in [-0.4, -0.2) is 30.2 Å². The van der Waals surface area contributed by atoms with Crippen LogP contribution >= 0.6 is 0 Å². The Morgan fingerprint density at radius 1 is 1.35 bits per heavy atom. The van der Waals surface area contributed by atoms with Gasteiger partial charge in [-0.05, 0) is 12.5 Å². The molecule has 2 N–H and O–H groups in total. The predicted molar refractivity (Wildman–Crippen MR) is 61.5 cm³/mol. The summed E-state index contributed by atoms with van der Waals surface area (Å²) in [6, 6.07) is 7.49. The van der Waals surface area contributed by atoms with E-state index < -0.39 is 17.9 Å². The number of nitrogens with one attached hydrogen (secondary N) is 1. The van der Waals surface area contributed by atoms with Crippen molar-refractivity contribution >= 4 is 11.9 Å². The number of carbonyl (C=O) groups is 2. The highest BCUT2D eigenvalue weighted by atomic mass is 16.5. The maximum atomic E-state index is 11.4. The van der Waals surface area contributed by atoms with E-state index in [-0.39, 0.29) is 6.61 Å². The Labute approximate surface area is 99.4 Å². The van der Waals surface area contributed by atoms with E-state index in [0.29, 0.717) is 12.2 Å². The average molecular weight is 237 g/mol. The van der Waals surface area contributed by atoms with Gasteiger partial charge in [-0.15, -0.1) is 0 Å². The Morgan fingerprint density at radius 2 is 2.00 bits per heavy atom. The van der Waals surface area contributed by atoms with Crippen molar-refractivity contribution in [2.24, 2.45) is 0 Å². The van der Waals surface area contributed by atoms with Crippen molar-refractivity contribution in [1.82, 2.24) is 5.32 Å². The normalized spacial score (nSPS) is 11.8. The SMILES string of the molecule is CCOCC(=O)NC(C(=O)O)c1ccccc1. The fourth-order valence-electron chi connectivity index (χ4n) is 1.33. The van der Waals surface area contributed by atoms with Gasteiger partial charge >= 0.3 is 5.97 Å². The van der Waals surface area contributed by atoms with E-state index in [1.165, 1.54) is 0 Å². The molecule has 5 nitrogen and oxygen atoms in total. The van der Waals surface area contributed by atoms with Gasteiger partial charge in [-0.3, -0.25) is 4.79 Å². The third-order valence-corrected chi connectivity index (χ3v) is 2.12. The molecule has 1 unspecified atom stereocenters. The third kappa shape index (κ3) is 4.24. The quantitative estimate of drug-likeness (QED) is 0.772. The lowest BCUT2D eigenvalue weighted by atomic mass is 10.1. The van der Waals surface area contributed by atoms with Crippen LogP contribution in [0.1, 0.15) is 18.5 Å². The molecule has 0 aliphatic carbocycles. The van der Waals surface area contributed by atoms with Crippen LogP contribution in [0.25, 0.3) is 0 Å². The number of ether oxygens (including phenoxy) is 1. The van der Waals surface area contributed by atoms with E-state index in [9.17, 15) is 9.59 Å². The summed E-state index contributed by atoms with van der Waals surface area (Å²) >= 11 is 0. The summed E-state index contributed by atoms with van der Waals surface area (Å²) in [5.41, 5.74) is 0.532. The number of hydrogen-bond acceptors (Lipinski definition) is 3. The fraction of sp³-hybridized carbons (Fsp3) is 0.333. The van der Waals surface area contributed by atoms with Gasteiger partial charge in [0.1, 0.15) is 6.61 Å². The Hall–Kier alpha value is -1.88. The Kier molecular flexibility index (Phi) is 5.16. The minimum Gasteiger partial charge on any atom is -0.479 e. The number of amides is 1. The summed E-state index contributed by atoms with van der Waals surface area (Å²) in [5.74, 6) is -1.54. The van der Waals surface area contributed by atoms with E-state index in [1.54, 1.807) is 37.3 Å². The zero-order valence-corrected chi connectivity index (χ0v) is 9.55. The molecule has 1 aromatic carbocycles. The van der Waals surface area contributed by atoms with Crippen LogP contribution in [0.4, 0.5) is 0 Å². The van der Waals surface area contributed by atoms with E-state index in [2.05, 4.69) is 5.32 Å². The van der Waals surface area contributed by atoms with Crippen LogP contribution in [0.3, 0.4) is 0 Å². The largest absolute Gasteiger partial charge is 0.479 e. The fourth-order valence-corrected chi connectivity index (χ4v) is 1.33. The average Bonchev–Trinajstić information content (AvgIpc) is 2.34. The van der Waals surface area contributed by atoms with Crippen molar-refractivity contribution in [2.45, 2.75) is 13.0 Å². The number of aliphatic carboxylic acids is 1. The second kappa shape index (κ2) is 6.65. The molecule has 1 atom stereocenters. The molecule has 0 aliphatic heterocycles. The lowest BCUT2D eigenvalue weighted by Gasteiger charge is -2.14. The molecule has 0 spiro atoms. The minimum absolute atomic E-state index is 0.132. The van der Waals surface area contributed by atoms with Crippen molar-refractivity contribution in [2.75, 3.05) is 13.2 Å². The molecule has 0 saturated heterocycles. The van der Waals surface area contributed by atoms with E-state index in [0.717, 1.165) is 0 Å². The summed E-state index contributed by atoms with van der Waals surface area (Å²) < 4.78 is 4.91. The monoisotopic (exact) mass is 237 g/mol. The first kappa shape index (κ1) is 13.2. The molecule has 0 aromatic heterocycles. The molecule has 1 amide bonds. The number of hydrogen-bond donors (Lipinski definition) is 2. The van der Waals surface area contributed by atoms with Crippen LogP contribution < -0.4 is 5.32 Å².